The topological polar surface area (TPSA) is 78.1 Å². The van der Waals surface area contributed by atoms with E-state index < -0.39 is 9.84 Å². The Bertz CT molecular complexity index is 1080. The Morgan fingerprint density at radius 1 is 1.19 bits per heavy atom. The predicted octanol–water partition coefficient (Wildman–Crippen LogP) is 3.19. The van der Waals surface area contributed by atoms with Crippen LogP contribution in [0.4, 0.5) is 5.82 Å². The van der Waals surface area contributed by atoms with E-state index in [4.69, 9.17) is 11.6 Å². The normalized spacial score (nSPS) is 15.0. The molecule has 1 aliphatic rings. The monoisotopic (exact) mass is 426 g/mol. The number of fused-ring (bicyclic) bond motifs is 1. The van der Waals surface area contributed by atoms with E-state index >= 15 is 0 Å². The highest BCUT2D eigenvalue weighted by Gasteiger charge is 2.25. The molecule has 2 N–H and O–H groups in total. The van der Waals surface area contributed by atoms with Crippen molar-refractivity contribution in [2.24, 2.45) is 0 Å². The third-order valence-corrected chi connectivity index (χ3v) is 6.95. The first-order valence-electron chi connectivity index (χ1n) is 8.42. The van der Waals surface area contributed by atoms with Crippen LogP contribution in [0.3, 0.4) is 0 Å². The summed E-state index contributed by atoms with van der Waals surface area (Å²) in [7, 11) is -3.70. The van der Waals surface area contributed by atoms with Crippen LogP contribution in [0, 0.1) is 6.92 Å². The lowest BCUT2D eigenvalue weighted by molar-refractivity contribution is 0.586. The van der Waals surface area contributed by atoms with Gasteiger partial charge in [0.1, 0.15) is 10.8 Å². The minimum atomic E-state index is -3.70. The average molecular weight is 427 g/mol. The van der Waals surface area contributed by atoms with Gasteiger partial charge in [0.25, 0.3) is 0 Å². The molecular weight excluding hydrogens is 407 g/mol. The van der Waals surface area contributed by atoms with Gasteiger partial charge in [0.05, 0.1) is 10.4 Å². The van der Waals surface area contributed by atoms with Crippen LogP contribution >= 0.6 is 24.0 Å². The third-order valence-electron chi connectivity index (χ3n) is 4.72. The van der Waals surface area contributed by atoms with E-state index in [1.807, 2.05) is 0 Å². The Hall–Kier alpha value is -1.80. The Kier molecular flexibility index (Phi) is 5.67. The van der Waals surface area contributed by atoms with Gasteiger partial charge in [0, 0.05) is 42.8 Å². The van der Waals surface area contributed by atoms with Gasteiger partial charge in [-0.05, 0) is 36.8 Å². The molecule has 9 heteroatoms. The molecule has 1 fully saturated rings. The average Bonchev–Trinajstić information content (AvgIpc) is 3.10. The van der Waals surface area contributed by atoms with Crippen LogP contribution in [-0.2, 0) is 9.84 Å². The summed E-state index contributed by atoms with van der Waals surface area (Å²) in [5, 5.41) is 4.71. The highest BCUT2D eigenvalue weighted by molar-refractivity contribution is 7.91. The molecule has 0 saturated carbocycles. The third kappa shape index (κ3) is 3.52. The Morgan fingerprint density at radius 3 is 2.67 bits per heavy atom. The number of aromatic amines is 1. The zero-order chi connectivity index (χ0) is 18.3. The molecule has 0 bridgehead atoms. The molecule has 0 atom stereocenters. The van der Waals surface area contributed by atoms with Crippen LogP contribution in [0.5, 0.6) is 0 Å². The van der Waals surface area contributed by atoms with Gasteiger partial charge in [-0.15, -0.1) is 12.4 Å². The van der Waals surface area contributed by atoms with Crippen LogP contribution in [0.15, 0.2) is 46.5 Å². The van der Waals surface area contributed by atoms with Crippen molar-refractivity contribution in [2.45, 2.75) is 16.8 Å². The maximum Gasteiger partial charge on any atom is 0.222 e. The highest BCUT2D eigenvalue weighted by Crippen LogP contribution is 2.32. The van der Waals surface area contributed by atoms with Crippen molar-refractivity contribution in [3.05, 3.63) is 47.1 Å². The van der Waals surface area contributed by atoms with Crippen LogP contribution in [0.1, 0.15) is 5.56 Å². The Balaban J connectivity index is 0.00000210. The molecule has 0 unspecified atom stereocenters. The Morgan fingerprint density at radius 2 is 1.93 bits per heavy atom. The van der Waals surface area contributed by atoms with E-state index in [1.165, 1.54) is 0 Å². The number of hydrogen-bond donors (Lipinski definition) is 2. The van der Waals surface area contributed by atoms with E-state index in [2.05, 4.69) is 20.2 Å². The van der Waals surface area contributed by atoms with Crippen LogP contribution in [0.2, 0.25) is 5.02 Å². The number of nitrogens with one attached hydrogen (secondary N) is 2. The first-order valence-corrected chi connectivity index (χ1v) is 10.3. The van der Waals surface area contributed by atoms with Gasteiger partial charge in [0.2, 0.25) is 9.84 Å². The van der Waals surface area contributed by atoms with Crippen LogP contribution in [0.25, 0.3) is 10.9 Å². The fourth-order valence-electron chi connectivity index (χ4n) is 3.28. The second kappa shape index (κ2) is 7.67. The summed E-state index contributed by atoms with van der Waals surface area (Å²) in [5.74, 6) is 0.810. The lowest BCUT2D eigenvalue weighted by Gasteiger charge is -2.28. The summed E-state index contributed by atoms with van der Waals surface area (Å²) in [6.07, 6.45) is 1.71. The molecule has 27 heavy (non-hydrogen) atoms. The minimum Gasteiger partial charge on any atom is -0.354 e. The molecule has 144 valence electrons. The minimum absolute atomic E-state index is 0. The van der Waals surface area contributed by atoms with Crippen LogP contribution < -0.4 is 10.2 Å². The number of sulfone groups is 1. The summed E-state index contributed by atoms with van der Waals surface area (Å²) in [6, 6.07) is 8.39. The lowest BCUT2D eigenvalue weighted by Crippen LogP contribution is -2.43. The van der Waals surface area contributed by atoms with Gasteiger partial charge < -0.3 is 15.2 Å². The quantitative estimate of drug-likeness (QED) is 0.672. The fourth-order valence-corrected chi connectivity index (χ4v) is 5.04. The number of nitrogens with zero attached hydrogens (tertiary/aromatic N) is 2. The highest BCUT2D eigenvalue weighted by atomic mass is 35.5. The molecule has 3 aromatic rings. The molecule has 1 saturated heterocycles. The number of rotatable bonds is 3. The number of H-pyrrole nitrogens is 1. The molecular formula is C18H20Cl2N4O2S. The number of piperazine rings is 1. The largest absolute Gasteiger partial charge is 0.354 e. The van der Waals surface area contributed by atoms with Crippen molar-refractivity contribution in [1.82, 2.24) is 15.3 Å². The van der Waals surface area contributed by atoms with Crippen molar-refractivity contribution < 1.29 is 8.42 Å². The van der Waals surface area contributed by atoms with Gasteiger partial charge >= 0.3 is 0 Å². The van der Waals surface area contributed by atoms with Crippen molar-refractivity contribution >= 4 is 50.6 Å². The van der Waals surface area contributed by atoms with Gasteiger partial charge in [-0.3, -0.25) is 0 Å². The van der Waals surface area contributed by atoms with E-state index in [0.717, 1.165) is 42.9 Å². The number of benzene rings is 1. The maximum absolute atomic E-state index is 13.1. The first kappa shape index (κ1) is 19.9. The van der Waals surface area contributed by atoms with Crippen LogP contribution in [-0.4, -0.2) is 44.6 Å². The maximum atomic E-state index is 13.1. The molecule has 0 radical (unpaired) electrons. The van der Waals surface area contributed by atoms with E-state index in [1.54, 1.807) is 43.5 Å². The van der Waals surface area contributed by atoms with Crippen molar-refractivity contribution in [1.29, 1.82) is 0 Å². The number of anilines is 1. The number of halogens is 2. The molecule has 1 aromatic carbocycles. The second-order valence-corrected chi connectivity index (χ2v) is 8.63. The second-order valence-electron chi connectivity index (χ2n) is 6.33. The van der Waals surface area contributed by atoms with E-state index in [9.17, 15) is 8.42 Å². The predicted molar refractivity (Wildman–Crippen MR) is 110 cm³/mol. The van der Waals surface area contributed by atoms with Gasteiger partial charge in [-0.2, -0.15) is 0 Å². The van der Waals surface area contributed by atoms with Crippen molar-refractivity contribution in [3.8, 4) is 0 Å². The number of pyridine rings is 1. The van der Waals surface area contributed by atoms with Gasteiger partial charge in [0.15, 0.2) is 0 Å². The zero-order valence-electron chi connectivity index (χ0n) is 14.7. The van der Waals surface area contributed by atoms with E-state index in [-0.39, 0.29) is 22.3 Å². The molecule has 0 spiro atoms. The molecule has 4 rings (SSSR count). The summed E-state index contributed by atoms with van der Waals surface area (Å²) in [4.78, 5) is 9.93. The standard InChI is InChI=1S/C18H19ClN4O2S.ClH/c1-12-14(19)3-2-4-16(12)26(24,25)17-11-13-15(22-17)5-6-21-18(13)23-9-7-20-8-10-23;/h2-6,11,20,22H,7-10H2,1H3;1H. The first-order chi connectivity index (χ1) is 12.5. The zero-order valence-corrected chi connectivity index (χ0v) is 17.1. The lowest BCUT2D eigenvalue weighted by atomic mass is 10.2. The smallest absolute Gasteiger partial charge is 0.222 e. The summed E-state index contributed by atoms with van der Waals surface area (Å²) >= 11 is 6.12. The SMILES string of the molecule is Cc1c(Cl)cccc1S(=O)(=O)c1cc2c(N3CCNCC3)nccc2[nH]1.Cl. The Labute approximate surface area is 169 Å². The van der Waals surface area contributed by atoms with Crippen molar-refractivity contribution in [3.63, 3.8) is 0 Å². The molecule has 0 amide bonds. The summed E-state index contributed by atoms with van der Waals surface area (Å²) in [5.41, 5.74) is 1.31. The molecule has 3 heterocycles. The fraction of sp³-hybridized carbons (Fsp3) is 0.278. The number of aromatic nitrogens is 2. The molecule has 2 aromatic heterocycles. The molecule has 0 aliphatic carbocycles. The van der Waals surface area contributed by atoms with Gasteiger partial charge in [-0.25, -0.2) is 13.4 Å². The summed E-state index contributed by atoms with van der Waals surface area (Å²) in [6.45, 7) is 5.16. The summed E-state index contributed by atoms with van der Waals surface area (Å²) < 4.78 is 26.3. The molecule has 1 aliphatic heterocycles. The van der Waals surface area contributed by atoms with E-state index in [0.29, 0.717) is 10.6 Å². The van der Waals surface area contributed by atoms with Gasteiger partial charge in [-0.1, -0.05) is 17.7 Å². The number of hydrogen-bond acceptors (Lipinski definition) is 5. The van der Waals surface area contributed by atoms with Crippen molar-refractivity contribution in [2.75, 3.05) is 31.1 Å². The molecule has 6 nitrogen and oxygen atoms in total.